The van der Waals surface area contributed by atoms with E-state index in [0.29, 0.717) is 17.8 Å². The number of aryl methyl sites for hydroxylation is 1. The van der Waals surface area contributed by atoms with Gasteiger partial charge in [0.05, 0.1) is 17.8 Å². The number of benzene rings is 1. The Labute approximate surface area is 142 Å². The molecule has 0 aliphatic carbocycles. The van der Waals surface area contributed by atoms with Crippen LogP contribution in [0.2, 0.25) is 0 Å². The molecule has 1 aromatic carbocycles. The van der Waals surface area contributed by atoms with Gasteiger partial charge in [-0.15, -0.1) is 0 Å². The van der Waals surface area contributed by atoms with Crippen LogP contribution in [0.1, 0.15) is 11.1 Å². The maximum Gasteiger partial charge on any atom is 0.326 e. The number of rotatable bonds is 3. The van der Waals surface area contributed by atoms with Crippen molar-refractivity contribution in [3.05, 3.63) is 80.8 Å². The van der Waals surface area contributed by atoms with E-state index < -0.39 is 11.2 Å². The fraction of sp³-hybridized carbons (Fsp3) is 0.111. The van der Waals surface area contributed by atoms with Crippen molar-refractivity contribution in [2.45, 2.75) is 13.5 Å². The molecule has 0 aliphatic heterocycles. The van der Waals surface area contributed by atoms with Crippen molar-refractivity contribution < 1.29 is 0 Å². The van der Waals surface area contributed by atoms with Gasteiger partial charge in [-0.3, -0.25) is 14.5 Å². The Bertz CT molecular complexity index is 1160. The Balaban J connectivity index is 1.74. The zero-order valence-electron chi connectivity index (χ0n) is 13.5. The first-order chi connectivity index (χ1) is 12.1. The summed E-state index contributed by atoms with van der Waals surface area (Å²) < 4.78 is 1.85. The van der Waals surface area contributed by atoms with E-state index in [1.807, 2.05) is 54.2 Å². The lowest BCUT2D eigenvalue weighted by Gasteiger charge is -2.07. The van der Waals surface area contributed by atoms with Gasteiger partial charge in [-0.2, -0.15) is 5.10 Å². The molecule has 2 N–H and O–H groups in total. The van der Waals surface area contributed by atoms with Crippen LogP contribution >= 0.6 is 0 Å². The van der Waals surface area contributed by atoms with Crippen LogP contribution in [0, 0.1) is 6.92 Å². The Morgan fingerprint density at radius 3 is 2.64 bits per heavy atom. The third-order valence-corrected chi connectivity index (χ3v) is 4.05. The molecule has 4 rings (SSSR count). The lowest BCUT2D eigenvalue weighted by molar-refractivity contribution is 0.687. The number of pyridine rings is 1. The Hall–Kier alpha value is -3.48. The zero-order valence-corrected chi connectivity index (χ0v) is 13.5. The highest BCUT2D eigenvalue weighted by atomic mass is 16.2. The van der Waals surface area contributed by atoms with E-state index in [4.69, 9.17) is 0 Å². The fourth-order valence-electron chi connectivity index (χ4n) is 2.81. The van der Waals surface area contributed by atoms with Crippen LogP contribution in [0.25, 0.3) is 22.3 Å². The maximum atomic E-state index is 12.0. The first kappa shape index (κ1) is 15.1. The average Bonchev–Trinajstić information content (AvgIpc) is 3.09. The molecule has 25 heavy (non-hydrogen) atoms. The molecular weight excluding hydrogens is 318 g/mol. The van der Waals surface area contributed by atoms with E-state index in [0.717, 1.165) is 16.7 Å². The molecule has 0 unspecified atom stereocenters. The van der Waals surface area contributed by atoms with E-state index >= 15 is 0 Å². The van der Waals surface area contributed by atoms with Gasteiger partial charge in [0, 0.05) is 18.0 Å². The molecule has 3 aromatic heterocycles. The van der Waals surface area contributed by atoms with E-state index in [9.17, 15) is 9.59 Å². The van der Waals surface area contributed by atoms with Crippen LogP contribution in [0.3, 0.4) is 0 Å². The monoisotopic (exact) mass is 333 g/mol. The summed E-state index contributed by atoms with van der Waals surface area (Å²) in [5.41, 5.74) is 3.18. The van der Waals surface area contributed by atoms with Crippen molar-refractivity contribution in [1.82, 2.24) is 24.7 Å². The molecule has 7 nitrogen and oxygen atoms in total. The molecule has 3 heterocycles. The number of aromatic nitrogens is 5. The van der Waals surface area contributed by atoms with Gasteiger partial charge in [0.1, 0.15) is 0 Å². The number of H-pyrrole nitrogens is 2. The number of fused-ring (bicyclic) bond motifs is 1. The summed E-state index contributed by atoms with van der Waals surface area (Å²) >= 11 is 0. The highest BCUT2D eigenvalue weighted by Crippen LogP contribution is 2.22. The summed E-state index contributed by atoms with van der Waals surface area (Å²) in [5.74, 6) is 0. The van der Waals surface area contributed by atoms with Gasteiger partial charge in [-0.25, -0.2) is 9.78 Å². The number of hydrogen-bond donors (Lipinski definition) is 2. The van der Waals surface area contributed by atoms with Crippen LogP contribution in [-0.4, -0.2) is 24.7 Å². The predicted octanol–water partition coefficient (Wildman–Crippen LogP) is 1.83. The molecule has 0 amide bonds. The van der Waals surface area contributed by atoms with Gasteiger partial charge in [0.2, 0.25) is 0 Å². The second-order valence-corrected chi connectivity index (χ2v) is 5.86. The Kier molecular flexibility index (Phi) is 3.53. The van der Waals surface area contributed by atoms with Crippen molar-refractivity contribution in [2.75, 3.05) is 0 Å². The number of nitrogens with one attached hydrogen (secondary N) is 2. The van der Waals surface area contributed by atoms with Crippen LogP contribution in [-0.2, 0) is 6.54 Å². The van der Waals surface area contributed by atoms with E-state index in [1.165, 1.54) is 0 Å². The molecule has 124 valence electrons. The minimum absolute atomic E-state index is 0.232. The first-order valence-corrected chi connectivity index (χ1v) is 7.81. The Morgan fingerprint density at radius 1 is 1.12 bits per heavy atom. The van der Waals surface area contributed by atoms with Crippen molar-refractivity contribution in [1.29, 1.82) is 0 Å². The van der Waals surface area contributed by atoms with E-state index in [1.54, 1.807) is 6.20 Å². The molecule has 0 fully saturated rings. The minimum atomic E-state index is -0.530. The summed E-state index contributed by atoms with van der Waals surface area (Å²) in [6.45, 7) is 2.54. The minimum Gasteiger partial charge on any atom is -0.305 e. The first-order valence-electron chi connectivity index (χ1n) is 7.81. The molecule has 4 aromatic rings. The molecule has 0 saturated heterocycles. The van der Waals surface area contributed by atoms with Gasteiger partial charge < -0.3 is 4.98 Å². The van der Waals surface area contributed by atoms with Crippen LogP contribution in [0.5, 0.6) is 0 Å². The molecule has 0 bridgehead atoms. The smallest absolute Gasteiger partial charge is 0.305 e. The van der Waals surface area contributed by atoms with Gasteiger partial charge in [0.15, 0.2) is 5.52 Å². The van der Waals surface area contributed by atoms with Gasteiger partial charge in [0.25, 0.3) is 5.56 Å². The molecule has 0 saturated carbocycles. The standard InChI is InChI=1S/C18H15N5O2/c1-11-9-14(20-16-15(11)21-18(25)22-17(16)24)13-5-3-12(4-6-13)10-23-8-2-7-19-23/h2-9H,10H2,1H3,(H2,21,22,24,25). The summed E-state index contributed by atoms with van der Waals surface area (Å²) in [4.78, 5) is 32.7. The van der Waals surface area contributed by atoms with Gasteiger partial charge in [-0.05, 0) is 30.2 Å². The summed E-state index contributed by atoms with van der Waals surface area (Å²) in [7, 11) is 0. The van der Waals surface area contributed by atoms with Crippen molar-refractivity contribution in [2.24, 2.45) is 0 Å². The van der Waals surface area contributed by atoms with Crippen LogP contribution in [0.15, 0.2) is 58.4 Å². The molecule has 0 atom stereocenters. The third-order valence-electron chi connectivity index (χ3n) is 4.05. The largest absolute Gasteiger partial charge is 0.326 e. The van der Waals surface area contributed by atoms with Crippen molar-refractivity contribution >= 4 is 11.0 Å². The number of hydrogen-bond acceptors (Lipinski definition) is 4. The molecular formula is C18H15N5O2. The zero-order chi connectivity index (χ0) is 17.4. The number of nitrogens with zero attached hydrogens (tertiary/aromatic N) is 3. The van der Waals surface area contributed by atoms with Crippen molar-refractivity contribution in [3.8, 4) is 11.3 Å². The third kappa shape index (κ3) is 2.87. The number of aromatic amines is 2. The topological polar surface area (TPSA) is 96.4 Å². The predicted molar refractivity (Wildman–Crippen MR) is 94.5 cm³/mol. The quantitative estimate of drug-likeness (QED) is 0.598. The average molecular weight is 333 g/mol. The van der Waals surface area contributed by atoms with Gasteiger partial charge >= 0.3 is 5.69 Å². The second-order valence-electron chi connectivity index (χ2n) is 5.86. The lowest BCUT2D eigenvalue weighted by atomic mass is 10.1. The lowest BCUT2D eigenvalue weighted by Crippen LogP contribution is -2.23. The molecule has 7 heteroatoms. The van der Waals surface area contributed by atoms with Gasteiger partial charge in [-0.1, -0.05) is 24.3 Å². The van der Waals surface area contributed by atoms with E-state index in [-0.39, 0.29) is 5.52 Å². The molecule has 0 radical (unpaired) electrons. The fourth-order valence-corrected chi connectivity index (χ4v) is 2.81. The normalized spacial score (nSPS) is 11.1. The highest BCUT2D eigenvalue weighted by molar-refractivity contribution is 5.80. The SMILES string of the molecule is Cc1cc(-c2ccc(Cn3cccn3)cc2)nc2c(=O)[nH]c(=O)[nH]c12. The molecule has 0 spiro atoms. The highest BCUT2D eigenvalue weighted by Gasteiger charge is 2.09. The van der Waals surface area contributed by atoms with Crippen LogP contribution in [0.4, 0.5) is 0 Å². The summed E-state index contributed by atoms with van der Waals surface area (Å²) in [6.07, 6.45) is 3.66. The van der Waals surface area contributed by atoms with E-state index in [2.05, 4.69) is 20.1 Å². The summed E-state index contributed by atoms with van der Waals surface area (Å²) in [6, 6.07) is 11.7. The van der Waals surface area contributed by atoms with Crippen molar-refractivity contribution in [3.63, 3.8) is 0 Å². The second kappa shape index (κ2) is 5.86. The van der Waals surface area contributed by atoms with Crippen LogP contribution < -0.4 is 11.2 Å². The summed E-state index contributed by atoms with van der Waals surface area (Å²) in [5, 5.41) is 4.19. The Morgan fingerprint density at radius 2 is 1.92 bits per heavy atom. The molecule has 0 aliphatic rings. The maximum absolute atomic E-state index is 12.0.